The van der Waals surface area contributed by atoms with Crippen LogP contribution in [0.5, 0.6) is 0 Å². The van der Waals surface area contributed by atoms with Gasteiger partial charge in [-0.15, -0.1) is 0 Å². The largest absolute Gasteiger partial charge is 0.381 e. The Kier molecular flexibility index (Phi) is 6.07. The summed E-state index contributed by atoms with van der Waals surface area (Å²) in [6, 6.07) is 0.176. The van der Waals surface area contributed by atoms with Crippen LogP contribution in [0.25, 0.3) is 0 Å². The second-order valence-electron chi connectivity index (χ2n) is 5.51. The monoisotopic (exact) mass is 270 g/mol. The number of ether oxygens (including phenoxy) is 2. The van der Waals surface area contributed by atoms with Gasteiger partial charge in [-0.2, -0.15) is 0 Å². The number of nitrogens with one attached hydrogen (secondary N) is 2. The average Bonchev–Trinajstić information content (AvgIpc) is 3.07. The molecule has 3 atom stereocenters. The van der Waals surface area contributed by atoms with Gasteiger partial charge in [0.1, 0.15) is 0 Å². The Morgan fingerprint density at radius 1 is 1.21 bits per heavy atom. The van der Waals surface area contributed by atoms with Crippen molar-refractivity contribution in [2.45, 2.75) is 32.2 Å². The highest BCUT2D eigenvalue weighted by molar-refractivity contribution is 5.79. The molecule has 0 aliphatic carbocycles. The van der Waals surface area contributed by atoms with E-state index in [0.29, 0.717) is 19.1 Å². The van der Waals surface area contributed by atoms with Crippen LogP contribution in [0.1, 0.15) is 26.2 Å². The van der Waals surface area contributed by atoms with E-state index in [-0.39, 0.29) is 17.9 Å². The van der Waals surface area contributed by atoms with Gasteiger partial charge in [0, 0.05) is 25.8 Å². The maximum Gasteiger partial charge on any atom is 0.227 e. The minimum Gasteiger partial charge on any atom is -0.381 e. The van der Waals surface area contributed by atoms with Crippen molar-refractivity contribution in [3.8, 4) is 0 Å². The Bertz CT molecular complexity index is 280. The van der Waals surface area contributed by atoms with Gasteiger partial charge in [-0.25, -0.2) is 0 Å². The summed E-state index contributed by atoms with van der Waals surface area (Å²) >= 11 is 0. The van der Waals surface area contributed by atoms with Crippen LogP contribution >= 0.6 is 0 Å². The van der Waals surface area contributed by atoms with Crippen molar-refractivity contribution < 1.29 is 14.3 Å². The van der Waals surface area contributed by atoms with E-state index < -0.39 is 0 Å². The van der Waals surface area contributed by atoms with Crippen LogP contribution in [0.3, 0.4) is 0 Å². The number of hydrogen-bond acceptors (Lipinski definition) is 4. The first-order valence-corrected chi connectivity index (χ1v) is 7.47. The van der Waals surface area contributed by atoms with E-state index in [4.69, 9.17) is 9.47 Å². The van der Waals surface area contributed by atoms with Crippen LogP contribution < -0.4 is 10.6 Å². The lowest BCUT2D eigenvalue weighted by molar-refractivity contribution is -0.125. The summed E-state index contributed by atoms with van der Waals surface area (Å²) in [5.74, 6) is 0.713. The van der Waals surface area contributed by atoms with E-state index in [9.17, 15) is 4.79 Å². The van der Waals surface area contributed by atoms with Gasteiger partial charge < -0.3 is 20.1 Å². The molecule has 2 saturated heterocycles. The molecule has 5 heteroatoms. The van der Waals surface area contributed by atoms with Crippen LogP contribution in [-0.4, -0.2) is 51.5 Å². The number of carbonyl (C=O) groups is 1. The van der Waals surface area contributed by atoms with E-state index in [1.165, 1.54) is 0 Å². The molecule has 2 N–H and O–H groups in total. The maximum absolute atomic E-state index is 12.1. The summed E-state index contributed by atoms with van der Waals surface area (Å²) < 4.78 is 10.8. The van der Waals surface area contributed by atoms with Crippen molar-refractivity contribution in [1.82, 2.24) is 10.6 Å². The van der Waals surface area contributed by atoms with Crippen LogP contribution in [0.4, 0.5) is 0 Å². The predicted molar refractivity (Wildman–Crippen MR) is 72.9 cm³/mol. The molecular formula is C14H26N2O3. The number of amides is 1. The summed E-state index contributed by atoms with van der Waals surface area (Å²) in [5, 5.41) is 6.43. The Morgan fingerprint density at radius 3 is 2.84 bits per heavy atom. The molecule has 110 valence electrons. The van der Waals surface area contributed by atoms with Crippen LogP contribution in [0.2, 0.25) is 0 Å². The van der Waals surface area contributed by atoms with E-state index in [1.54, 1.807) is 0 Å². The zero-order valence-corrected chi connectivity index (χ0v) is 11.8. The third kappa shape index (κ3) is 4.44. The standard InChI is InChI=1S/C14H26N2O3/c1-2-5-15-13-10-19-9-12(13)14(17)16-6-3-11-4-7-18-8-11/h11-13,15H,2-10H2,1H3,(H,16,17). The van der Waals surface area contributed by atoms with E-state index in [2.05, 4.69) is 17.6 Å². The molecule has 19 heavy (non-hydrogen) atoms. The van der Waals surface area contributed by atoms with Gasteiger partial charge >= 0.3 is 0 Å². The zero-order chi connectivity index (χ0) is 13.5. The summed E-state index contributed by atoms with van der Waals surface area (Å²) in [6.45, 7) is 6.73. The fraction of sp³-hybridized carbons (Fsp3) is 0.929. The molecule has 2 fully saturated rings. The molecule has 0 radical (unpaired) electrons. The third-order valence-electron chi connectivity index (χ3n) is 3.95. The summed E-state index contributed by atoms with van der Waals surface area (Å²) in [6.07, 6.45) is 3.22. The number of carbonyl (C=O) groups excluding carboxylic acids is 1. The summed E-state index contributed by atoms with van der Waals surface area (Å²) in [7, 11) is 0. The summed E-state index contributed by atoms with van der Waals surface area (Å²) in [4.78, 5) is 12.1. The molecule has 0 aromatic carbocycles. The first-order chi connectivity index (χ1) is 9.31. The Balaban J connectivity index is 1.66. The molecule has 2 aliphatic rings. The normalized spacial score (nSPS) is 30.7. The van der Waals surface area contributed by atoms with E-state index >= 15 is 0 Å². The molecule has 0 aromatic rings. The molecular weight excluding hydrogens is 244 g/mol. The van der Waals surface area contributed by atoms with Crippen LogP contribution in [-0.2, 0) is 14.3 Å². The number of rotatable bonds is 7. The molecule has 5 nitrogen and oxygen atoms in total. The van der Waals surface area contributed by atoms with Crippen molar-refractivity contribution >= 4 is 5.91 Å². The van der Waals surface area contributed by atoms with Crippen LogP contribution in [0, 0.1) is 11.8 Å². The predicted octanol–water partition coefficient (Wildman–Crippen LogP) is 0.544. The molecule has 2 rings (SSSR count). The van der Waals surface area contributed by atoms with Gasteiger partial charge in [0.15, 0.2) is 0 Å². The fourth-order valence-electron chi connectivity index (χ4n) is 2.69. The lowest BCUT2D eigenvalue weighted by Crippen LogP contribution is -2.44. The maximum atomic E-state index is 12.1. The van der Waals surface area contributed by atoms with Crippen molar-refractivity contribution in [1.29, 1.82) is 0 Å². The Hall–Kier alpha value is -0.650. The molecule has 0 saturated carbocycles. The molecule has 2 heterocycles. The minimum absolute atomic E-state index is 0.0358. The second kappa shape index (κ2) is 7.82. The molecule has 3 unspecified atom stereocenters. The molecule has 2 aliphatic heterocycles. The van der Waals surface area contributed by atoms with Crippen molar-refractivity contribution in [2.75, 3.05) is 39.5 Å². The smallest absolute Gasteiger partial charge is 0.227 e. The van der Waals surface area contributed by atoms with Gasteiger partial charge in [-0.1, -0.05) is 6.92 Å². The van der Waals surface area contributed by atoms with Crippen molar-refractivity contribution in [3.63, 3.8) is 0 Å². The highest BCUT2D eigenvalue weighted by Gasteiger charge is 2.33. The lowest BCUT2D eigenvalue weighted by Gasteiger charge is -2.18. The summed E-state index contributed by atoms with van der Waals surface area (Å²) in [5.41, 5.74) is 0. The second-order valence-corrected chi connectivity index (χ2v) is 5.51. The highest BCUT2D eigenvalue weighted by Crippen LogP contribution is 2.16. The molecule has 0 aromatic heterocycles. The van der Waals surface area contributed by atoms with Crippen molar-refractivity contribution in [2.24, 2.45) is 11.8 Å². The van der Waals surface area contributed by atoms with Gasteiger partial charge in [0.2, 0.25) is 5.91 Å². The van der Waals surface area contributed by atoms with Crippen molar-refractivity contribution in [3.05, 3.63) is 0 Å². The first-order valence-electron chi connectivity index (χ1n) is 7.47. The van der Waals surface area contributed by atoms with Gasteiger partial charge in [-0.05, 0) is 31.7 Å². The molecule has 1 amide bonds. The first kappa shape index (κ1) is 14.8. The highest BCUT2D eigenvalue weighted by atomic mass is 16.5. The lowest BCUT2D eigenvalue weighted by atomic mass is 10.0. The van der Waals surface area contributed by atoms with Gasteiger partial charge in [-0.3, -0.25) is 4.79 Å². The van der Waals surface area contributed by atoms with Gasteiger partial charge in [0.25, 0.3) is 0 Å². The average molecular weight is 270 g/mol. The third-order valence-corrected chi connectivity index (χ3v) is 3.95. The zero-order valence-electron chi connectivity index (χ0n) is 11.8. The van der Waals surface area contributed by atoms with E-state index in [1.807, 2.05) is 0 Å². The Morgan fingerprint density at radius 2 is 2.11 bits per heavy atom. The van der Waals surface area contributed by atoms with E-state index in [0.717, 1.165) is 45.6 Å². The van der Waals surface area contributed by atoms with Gasteiger partial charge in [0.05, 0.1) is 19.1 Å². The minimum atomic E-state index is -0.0358. The fourth-order valence-corrected chi connectivity index (χ4v) is 2.69. The topological polar surface area (TPSA) is 59.6 Å². The SMILES string of the molecule is CCCNC1COCC1C(=O)NCCC1CCOC1. The Labute approximate surface area is 115 Å². The molecule has 0 bridgehead atoms. The molecule has 0 spiro atoms. The van der Waals surface area contributed by atoms with Crippen LogP contribution in [0.15, 0.2) is 0 Å². The quantitative estimate of drug-likeness (QED) is 0.709. The number of hydrogen-bond donors (Lipinski definition) is 2.